The molecule has 0 bridgehead atoms. The van der Waals surface area contributed by atoms with Crippen LogP contribution in [-0.4, -0.2) is 34.1 Å². The molecule has 3 atom stereocenters. The van der Waals surface area contributed by atoms with Crippen molar-refractivity contribution in [2.24, 2.45) is 5.73 Å². The van der Waals surface area contributed by atoms with Gasteiger partial charge in [-0.3, -0.25) is 4.79 Å². The lowest BCUT2D eigenvalue weighted by molar-refractivity contribution is -0.147. The van der Waals surface area contributed by atoms with E-state index in [-0.39, 0.29) is 24.6 Å². The van der Waals surface area contributed by atoms with E-state index in [1.54, 1.807) is 0 Å². The van der Waals surface area contributed by atoms with E-state index in [9.17, 15) is 14.7 Å². The first kappa shape index (κ1) is 22.2. The Morgan fingerprint density at radius 3 is 2.32 bits per heavy atom. The van der Waals surface area contributed by atoms with Gasteiger partial charge in [0.1, 0.15) is 25.0 Å². The Morgan fingerprint density at radius 2 is 1.71 bits per heavy atom. The van der Waals surface area contributed by atoms with E-state index in [1.165, 1.54) is 6.92 Å². The molecule has 0 saturated heterocycles. The van der Waals surface area contributed by atoms with E-state index < -0.39 is 30.1 Å². The number of carbonyl (C=O) groups excluding carboxylic acids is 2. The molecule has 4 N–H and O–H groups in total. The largest absolute Gasteiger partial charge is 0.459 e. The Bertz CT molecular complexity index is 989. The van der Waals surface area contributed by atoms with Crippen molar-refractivity contribution in [3.05, 3.63) is 89.6 Å². The van der Waals surface area contributed by atoms with Crippen LogP contribution in [0.4, 0.5) is 0 Å². The fourth-order valence-corrected chi connectivity index (χ4v) is 2.86. The molecule has 1 amide bonds. The molecule has 1 aromatic heterocycles. The van der Waals surface area contributed by atoms with Crippen LogP contribution in [0.1, 0.15) is 40.5 Å². The number of esters is 1. The molecule has 0 radical (unpaired) electrons. The van der Waals surface area contributed by atoms with Crippen LogP contribution in [0.15, 0.2) is 71.3 Å². The zero-order chi connectivity index (χ0) is 22.2. The quantitative estimate of drug-likeness (QED) is 0.450. The Balaban J connectivity index is 1.71. The third-order valence-electron chi connectivity index (χ3n) is 4.66. The number of aliphatic hydroxyl groups excluding tert-OH is 1. The molecular weight excluding hydrogens is 398 g/mol. The highest BCUT2D eigenvalue weighted by Gasteiger charge is 2.26. The molecule has 1 heterocycles. The average molecular weight is 423 g/mol. The van der Waals surface area contributed by atoms with E-state index in [1.807, 2.05) is 60.7 Å². The molecule has 0 fully saturated rings. The lowest BCUT2D eigenvalue weighted by Gasteiger charge is -2.17. The van der Waals surface area contributed by atoms with Crippen molar-refractivity contribution in [3.63, 3.8) is 0 Å². The van der Waals surface area contributed by atoms with E-state index in [4.69, 9.17) is 14.9 Å². The minimum absolute atomic E-state index is 0.0337. The maximum atomic E-state index is 12.8. The maximum absolute atomic E-state index is 12.8. The number of ether oxygens (including phenoxy) is 1. The third-order valence-corrected chi connectivity index (χ3v) is 4.66. The summed E-state index contributed by atoms with van der Waals surface area (Å²) in [5.74, 6) is -1.14. The number of oxazole rings is 1. The van der Waals surface area contributed by atoms with Gasteiger partial charge in [0.2, 0.25) is 5.89 Å². The molecule has 0 spiro atoms. The number of nitrogens with one attached hydrogen (secondary N) is 1. The van der Waals surface area contributed by atoms with Crippen molar-refractivity contribution in [1.82, 2.24) is 10.3 Å². The number of nitrogens with two attached hydrogens (primary N) is 1. The molecule has 8 nitrogen and oxygen atoms in total. The third kappa shape index (κ3) is 6.24. The van der Waals surface area contributed by atoms with Crippen molar-refractivity contribution in [3.8, 4) is 0 Å². The first-order valence-electron chi connectivity index (χ1n) is 9.88. The van der Waals surface area contributed by atoms with Crippen LogP contribution in [-0.2, 0) is 22.6 Å². The molecular formula is C23H25N3O5. The summed E-state index contributed by atoms with van der Waals surface area (Å²) >= 11 is 0. The fourth-order valence-electron chi connectivity index (χ4n) is 2.86. The minimum atomic E-state index is -0.927. The second kappa shape index (κ2) is 10.5. The topological polar surface area (TPSA) is 128 Å². The number of aliphatic hydroxyl groups is 1. The lowest BCUT2D eigenvalue weighted by Crippen LogP contribution is -2.43. The van der Waals surface area contributed by atoms with Gasteiger partial charge in [-0.25, -0.2) is 9.78 Å². The van der Waals surface area contributed by atoms with Gasteiger partial charge in [0.15, 0.2) is 5.69 Å². The first-order chi connectivity index (χ1) is 14.9. The summed E-state index contributed by atoms with van der Waals surface area (Å²) < 4.78 is 10.6. The summed E-state index contributed by atoms with van der Waals surface area (Å²) in [6.45, 7) is 1.59. The highest BCUT2D eigenvalue weighted by molar-refractivity contribution is 5.95. The van der Waals surface area contributed by atoms with Gasteiger partial charge in [-0.1, -0.05) is 60.7 Å². The van der Waals surface area contributed by atoms with Crippen LogP contribution < -0.4 is 11.1 Å². The molecule has 31 heavy (non-hydrogen) atoms. The molecule has 0 saturated carbocycles. The van der Waals surface area contributed by atoms with Gasteiger partial charge in [-0.2, -0.15) is 0 Å². The smallest absolute Gasteiger partial charge is 0.329 e. The monoisotopic (exact) mass is 423 g/mol. The lowest BCUT2D eigenvalue weighted by atomic mass is 10.1. The van der Waals surface area contributed by atoms with Crippen molar-refractivity contribution >= 4 is 11.9 Å². The van der Waals surface area contributed by atoms with Gasteiger partial charge in [0.05, 0.1) is 6.10 Å². The van der Waals surface area contributed by atoms with Crippen LogP contribution in [0.2, 0.25) is 0 Å². The number of nitrogens with zero attached hydrogens (tertiary/aromatic N) is 1. The first-order valence-corrected chi connectivity index (χ1v) is 9.88. The van der Waals surface area contributed by atoms with Crippen molar-refractivity contribution in [2.75, 3.05) is 0 Å². The SMILES string of the molecule is CC(O)C(N)c1nc(C(=O)NC(Cc2ccccc2)C(=O)OCc2ccccc2)co1. The Kier molecular flexibility index (Phi) is 7.53. The van der Waals surface area contributed by atoms with E-state index in [0.717, 1.165) is 17.4 Å². The van der Waals surface area contributed by atoms with Gasteiger partial charge in [0, 0.05) is 6.42 Å². The summed E-state index contributed by atoms with van der Waals surface area (Å²) in [6.07, 6.45) is 0.494. The summed E-state index contributed by atoms with van der Waals surface area (Å²) in [5.41, 5.74) is 7.45. The molecule has 0 aliphatic heterocycles. The highest BCUT2D eigenvalue weighted by atomic mass is 16.5. The van der Waals surface area contributed by atoms with E-state index in [2.05, 4.69) is 10.3 Å². The van der Waals surface area contributed by atoms with E-state index in [0.29, 0.717) is 0 Å². The zero-order valence-corrected chi connectivity index (χ0v) is 17.1. The van der Waals surface area contributed by atoms with Gasteiger partial charge >= 0.3 is 5.97 Å². The Hall–Kier alpha value is -3.49. The number of carbonyl (C=O) groups is 2. The summed E-state index contributed by atoms with van der Waals surface area (Å²) in [4.78, 5) is 29.5. The van der Waals surface area contributed by atoms with Gasteiger partial charge in [-0.05, 0) is 18.1 Å². The molecule has 2 aromatic carbocycles. The molecule has 0 aliphatic carbocycles. The van der Waals surface area contributed by atoms with Crippen LogP contribution in [0.3, 0.4) is 0 Å². The van der Waals surface area contributed by atoms with Crippen LogP contribution >= 0.6 is 0 Å². The summed E-state index contributed by atoms with van der Waals surface area (Å²) in [5, 5.41) is 12.2. The van der Waals surface area contributed by atoms with E-state index >= 15 is 0 Å². The Labute approximate surface area is 180 Å². The predicted molar refractivity (Wildman–Crippen MR) is 113 cm³/mol. The number of amides is 1. The Morgan fingerprint density at radius 1 is 1.10 bits per heavy atom. The number of hydrogen-bond acceptors (Lipinski definition) is 7. The molecule has 0 aliphatic rings. The molecule has 162 valence electrons. The predicted octanol–water partition coefficient (Wildman–Crippen LogP) is 2.14. The highest BCUT2D eigenvalue weighted by Crippen LogP contribution is 2.14. The molecule has 8 heteroatoms. The van der Waals surface area contributed by atoms with Crippen molar-refractivity contribution in [2.45, 2.75) is 38.1 Å². The van der Waals surface area contributed by atoms with Crippen molar-refractivity contribution < 1.29 is 23.8 Å². The summed E-state index contributed by atoms with van der Waals surface area (Å²) in [7, 11) is 0. The van der Waals surface area contributed by atoms with Crippen molar-refractivity contribution in [1.29, 1.82) is 0 Å². The van der Waals surface area contributed by atoms with Crippen LogP contribution in [0, 0.1) is 0 Å². The molecule has 3 aromatic rings. The standard InChI is InChI=1S/C23H25N3O5/c1-15(27)20(24)22-26-19(14-30-22)21(28)25-18(12-16-8-4-2-5-9-16)23(29)31-13-17-10-6-3-7-11-17/h2-11,14-15,18,20,27H,12-13,24H2,1H3,(H,25,28). The minimum Gasteiger partial charge on any atom is -0.459 e. The van der Waals surface area contributed by atoms with Gasteiger partial charge in [0.25, 0.3) is 5.91 Å². The molecule has 3 rings (SSSR count). The maximum Gasteiger partial charge on any atom is 0.329 e. The average Bonchev–Trinajstić information content (AvgIpc) is 3.28. The fraction of sp³-hybridized carbons (Fsp3) is 0.261. The normalized spacial score (nSPS) is 13.8. The van der Waals surface area contributed by atoms with Gasteiger partial charge in [-0.15, -0.1) is 0 Å². The summed E-state index contributed by atoms with van der Waals surface area (Å²) in [6, 6.07) is 16.8. The second-order valence-corrected chi connectivity index (χ2v) is 7.15. The molecule has 3 unspecified atom stereocenters. The zero-order valence-electron chi connectivity index (χ0n) is 17.1. The van der Waals surface area contributed by atoms with Gasteiger partial charge < -0.3 is 25.3 Å². The number of hydrogen-bond donors (Lipinski definition) is 3. The number of rotatable bonds is 9. The van der Waals surface area contributed by atoms with Crippen LogP contribution in [0.5, 0.6) is 0 Å². The van der Waals surface area contributed by atoms with Crippen LogP contribution in [0.25, 0.3) is 0 Å². The number of benzene rings is 2. The second-order valence-electron chi connectivity index (χ2n) is 7.15. The number of aromatic nitrogens is 1.